The number of fused-ring (bicyclic) bond motifs is 1. The van der Waals surface area contributed by atoms with E-state index in [0.29, 0.717) is 35.8 Å². The predicted molar refractivity (Wildman–Crippen MR) is 112 cm³/mol. The smallest absolute Gasteiger partial charge is 0.420 e. The van der Waals surface area contributed by atoms with Crippen molar-refractivity contribution in [2.45, 2.75) is 26.8 Å². The molecule has 0 fully saturated rings. The van der Waals surface area contributed by atoms with Crippen molar-refractivity contribution in [1.29, 1.82) is 0 Å². The molecule has 0 spiro atoms. The summed E-state index contributed by atoms with van der Waals surface area (Å²) in [5, 5.41) is 0. The van der Waals surface area contributed by atoms with Crippen molar-refractivity contribution in [3.05, 3.63) is 57.0 Å². The van der Waals surface area contributed by atoms with E-state index in [0.717, 1.165) is 10.0 Å². The van der Waals surface area contributed by atoms with Gasteiger partial charge in [0.2, 0.25) is 0 Å². The van der Waals surface area contributed by atoms with Crippen molar-refractivity contribution in [1.82, 2.24) is 4.57 Å². The fourth-order valence-electron chi connectivity index (χ4n) is 2.93. The topological polar surface area (TPSA) is 79.9 Å². The van der Waals surface area contributed by atoms with Gasteiger partial charge in [0.1, 0.15) is 6.61 Å². The number of rotatable bonds is 9. The van der Waals surface area contributed by atoms with Crippen LogP contribution in [0.15, 0.2) is 50.1 Å². The Labute approximate surface area is 176 Å². The first kappa shape index (κ1) is 21.0. The molecule has 2 aromatic carbocycles. The molecule has 0 unspecified atom stereocenters. The highest BCUT2D eigenvalue weighted by molar-refractivity contribution is 9.10. The molecule has 0 amide bonds. The van der Waals surface area contributed by atoms with Gasteiger partial charge in [0.15, 0.2) is 17.1 Å². The van der Waals surface area contributed by atoms with Crippen LogP contribution in [0.4, 0.5) is 0 Å². The summed E-state index contributed by atoms with van der Waals surface area (Å²) in [6.07, 6.45) is 0.0636. The number of benzene rings is 2. The summed E-state index contributed by atoms with van der Waals surface area (Å²) >= 11 is 3.47. The Bertz CT molecular complexity index is 1050. The maximum atomic E-state index is 12.3. The van der Waals surface area contributed by atoms with Crippen LogP contribution in [-0.4, -0.2) is 30.4 Å². The number of carbonyl (C=O) groups excluding carboxylic acids is 1. The zero-order valence-electron chi connectivity index (χ0n) is 16.3. The number of carbonyl (C=O) groups is 1. The first-order chi connectivity index (χ1) is 14.0. The lowest BCUT2D eigenvalue weighted by molar-refractivity contribution is -0.143. The molecular formula is C21H22BrNO6. The molecule has 7 nitrogen and oxygen atoms in total. The van der Waals surface area contributed by atoms with Gasteiger partial charge >= 0.3 is 11.7 Å². The van der Waals surface area contributed by atoms with Gasteiger partial charge in [-0.15, -0.1) is 0 Å². The maximum Gasteiger partial charge on any atom is 0.420 e. The van der Waals surface area contributed by atoms with Crippen LogP contribution in [0.2, 0.25) is 0 Å². The van der Waals surface area contributed by atoms with Crippen LogP contribution in [0.1, 0.15) is 19.4 Å². The number of halogens is 1. The van der Waals surface area contributed by atoms with Crippen LogP contribution in [0, 0.1) is 0 Å². The van der Waals surface area contributed by atoms with Gasteiger partial charge in [-0.2, -0.15) is 0 Å². The van der Waals surface area contributed by atoms with Crippen LogP contribution in [0.25, 0.3) is 11.1 Å². The number of esters is 1. The molecule has 3 aromatic rings. The molecule has 29 heavy (non-hydrogen) atoms. The monoisotopic (exact) mass is 463 g/mol. The van der Waals surface area contributed by atoms with Gasteiger partial charge in [0.25, 0.3) is 0 Å². The maximum absolute atomic E-state index is 12.3. The molecule has 0 saturated carbocycles. The molecular weight excluding hydrogens is 442 g/mol. The fourth-order valence-corrected chi connectivity index (χ4v) is 3.39. The third kappa shape index (κ3) is 5.00. The highest BCUT2D eigenvalue weighted by Gasteiger charge is 2.15. The Morgan fingerprint density at radius 3 is 2.52 bits per heavy atom. The first-order valence-electron chi connectivity index (χ1n) is 9.35. The summed E-state index contributed by atoms with van der Waals surface area (Å²) in [6, 6.07) is 10.7. The SMILES string of the molecule is CCOc1cc(Br)c(CC(=O)OCCn2c(=O)oc3ccccc32)cc1OCC. The Kier molecular flexibility index (Phi) is 6.98. The molecule has 0 atom stereocenters. The van der Waals surface area contributed by atoms with Crippen LogP contribution in [0.5, 0.6) is 11.5 Å². The third-order valence-corrected chi connectivity index (χ3v) is 4.94. The van der Waals surface area contributed by atoms with Crippen molar-refractivity contribution < 1.29 is 23.4 Å². The Morgan fingerprint density at radius 1 is 1.10 bits per heavy atom. The van der Waals surface area contributed by atoms with E-state index in [1.807, 2.05) is 19.9 Å². The standard InChI is InChI=1S/C21H22BrNO6/c1-3-26-18-11-14(15(22)13-19(18)27-4-2)12-20(24)28-10-9-23-16-7-5-6-8-17(16)29-21(23)25/h5-8,11,13H,3-4,9-10,12H2,1-2H3. The highest BCUT2D eigenvalue weighted by atomic mass is 79.9. The molecule has 8 heteroatoms. The minimum absolute atomic E-state index is 0.0636. The molecule has 154 valence electrons. The lowest BCUT2D eigenvalue weighted by Crippen LogP contribution is -2.19. The molecule has 1 heterocycles. The van der Waals surface area contributed by atoms with E-state index in [2.05, 4.69) is 15.9 Å². The third-order valence-electron chi connectivity index (χ3n) is 4.20. The van der Waals surface area contributed by atoms with E-state index in [4.69, 9.17) is 18.6 Å². The van der Waals surface area contributed by atoms with Gasteiger partial charge in [0.05, 0.1) is 31.7 Å². The van der Waals surface area contributed by atoms with E-state index in [1.165, 1.54) is 4.57 Å². The van der Waals surface area contributed by atoms with Crippen LogP contribution in [-0.2, 0) is 22.5 Å². The number of aromatic nitrogens is 1. The van der Waals surface area contributed by atoms with Gasteiger partial charge in [-0.1, -0.05) is 28.1 Å². The van der Waals surface area contributed by atoms with E-state index < -0.39 is 11.7 Å². The Morgan fingerprint density at radius 2 is 1.79 bits per heavy atom. The second-order valence-electron chi connectivity index (χ2n) is 6.14. The summed E-state index contributed by atoms with van der Waals surface area (Å²) in [7, 11) is 0. The van der Waals surface area contributed by atoms with Crippen LogP contribution >= 0.6 is 15.9 Å². The van der Waals surface area contributed by atoms with Crippen molar-refractivity contribution in [2.75, 3.05) is 19.8 Å². The summed E-state index contributed by atoms with van der Waals surface area (Å²) in [5.74, 6) is 0.317. The quantitative estimate of drug-likeness (QED) is 0.447. The van der Waals surface area contributed by atoms with E-state index in [9.17, 15) is 9.59 Å². The van der Waals surface area contributed by atoms with Gasteiger partial charge < -0.3 is 18.6 Å². The molecule has 0 aliphatic heterocycles. The number of ether oxygens (including phenoxy) is 3. The minimum Gasteiger partial charge on any atom is -0.490 e. The van der Waals surface area contributed by atoms with Crippen molar-refractivity contribution in [3.8, 4) is 11.5 Å². The Hall–Kier alpha value is -2.74. The molecule has 1 aromatic heterocycles. The number of oxazole rings is 1. The van der Waals surface area contributed by atoms with Gasteiger partial charge in [-0.05, 0) is 43.7 Å². The first-order valence-corrected chi connectivity index (χ1v) is 10.1. The minimum atomic E-state index is -0.474. The summed E-state index contributed by atoms with van der Waals surface area (Å²) in [5.41, 5.74) is 1.91. The molecule has 3 rings (SSSR count). The zero-order valence-corrected chi connectivity index (χ0v) is 17.9. The van der Waals surface area contributed by atoms with Gasteiger partial charge in [-0.25, -0.2) is 4.79 Å². The lowest BCUT2D eigenvalue weighted by Gasteiger charge is -2.14. The molecule has 0 aliphatic rings. The second kappa shape index (κ2) is 9.65. The van der Waals surface area contributed by atoms with E-state index in [1.54, 1.807) is 30.3 Å². The summed E-state index contributed by atoms with van der Waals surface area (Å²) in [4.78, 5) is 24.3. The van der Waals surface area contributed by atoms with Crippen LogP contribution in [0.3, 0.4) is 0 Å². The number of para-hydroxylation sites is 2. The normalized spacial score (nSPS) is 10.9. The Balaban J connectivity index is 1.64. The highest BCUT2D eigenvalue weighted by Crippen LogP contribution is 2.34. The largest absolute Gasteiger partial charge is 0.490 e. The average molecular weight is 464 g/mol. The molecule has 0 saturated heterocycles. The van der Waals surface area contributed by atoms with Crippen molar-refractivity contribution in [3.63, 3.8) is 0 Å². The predicted octanol–water partition coefficient (Wildman–Crippen LogP) is 3.94. The van der Waals surface area contributed by atoms with Crippen LogP contribution < -0.4 is 15.2 Å². The summed E-state index contributed by atoms with van der Waals surface area (Å²) < 4.78 is 23.8. The number of hydrogen-bond donors (Lipinski definition) is 0. The van der Waals surface area contributed by atoms with Crippen molar-refractivity contribution in [2.24, 2.45) is 0 Å². The number of nitrogens with zero attached hydrogens (tertiary/aromatic N) is 1. The van der Waals surface area contributed by atoms with E-state index >= 15 is 0 Å². The molecule has 0 aliphatic carbocycles. The molecule has 0 bridgehead atoms. The van der Waals surface area contributed by atoms with Gasteiger partial charge in [-0.3, -0.25) is 9.36 Å². The number of hydrogen-bond acceptors (Lipinski definition) is 6. The van der Waals surface area contributed by atoms with Gasteiger partial charge in [0, 0.05) is 4.47 Å². The zero-order chi connectivity index (χ0) is 20.8. The van der Waals surface area contributed by atoms with Crippen molar-refractivity contribution >= 4 is 33.0 Å². The molecule has 0 N–H and O–H groups in total. The lowest BCUT2D eigenvalue weighted by atomic mass is 10.1. The summed E-state index contributed by atoms with van der Waals surface area (Å²) in [6.45, 7) is 5.05. The van der Waals surface area contributed by atoms with E-state index in [-0.39, 0.29) is 19.6 Å². The second-order valence-corrected chi connectivity index (χ2v) is 7.00. The molecule has 0 radical (unpaired) electrons. The average Bonchev–Trinajstić information content (AvgIpc) is 3.01. The fraction of sp³-hybridized carbons (Fsp3) is 0.333.